The summed E-state index contributed by atoms with van der Waals surface area (Å²) in [6.07, 6.45) is 2.05. The lowest BCUT2D eigenvalue weighted by atomic mass is 9.82. The Morgan fingerprint density at radius 2 is 1.94 bits per heavy atom. The molecule has 1 fully saturated rings. The summed E-state index contributed by atoms with van der Waals surface area (Å²) in [5, 5.41) is 0.546. The molecule has 98 valence electrons. The van der Waals surface area contributed by atoms with Crippen LogP contribution >= 0.6 is 11.6 Å². The van der Waals surface area contributed by atoms with Crippen molar-refractivity contribution < 1.29 is 4.79 Å². The van der Waals surface area contributed by atoms with Gasteiger partial charge in [-0.15, -0.1) is 0 Å². The maximum Gasteiger partial charge on any atom is 0.255 e. The number of hydrogen-bond acceptors (Lipinski definition) is 2. The minimum absolute atomic E-state index is 0.00880. The van der Waals surface area contributed by atoms with E-state index in [1.807, 2.05) is 4.90 Å². The van der Waals surface area contributed by atoms with Crippen molar-refractivity contribution in [2.45, 2.75) is 26.7 Å². The molecule has 1 aliphatic rings. The summed E-state index contributed by atoms with van der Waals surface area (Å²) in [5.41, 5.74) is 7.18. The number of carbonyl (C=O) groups excluding carboxylic acids is 1. The van der Waals surface area contributed by atoms with Gasteiger partial charge >= 0.3 is 0 Å². The molecule has 0 aliphatic carbocycles. The molecule has 0 radical (unpaired) electrons. The van der Waals surface area contributed by atoms with Crippen LogP contribution in [-0.4, -0.2) is 23.9 Å². The number of anilines is 1. The van der Waals surface area contributed by atoms with Gasteiger partial charge < -0.3 is 10.6 Å². The summed E-state index contributed by atoms with van der Waals surface area (Å²) in [5.74, 6) is -0.00880. The predicted molar refractivity (Wildman–Crippen MR) is 74.8 cm³/mol. The van der Waals surface area contributed by atoms with Crippen LogP contribution in [0.25, 0.3) is 0 Å². The van der Waals surface area contributed by atoms with Crippen LogP contribution in [0.1, 0.15) is 37.0 Å². The van der Waals surface area contributed by atoms with E-state index in [2.05, 4.69) is 13.8 Å². The first kappa shape index (κ1) is 13.2. The average molecular weight is 267 g/mol. The molecule has 0 unspecified atom stereocenters. The minimum Gasteiger partial charge on any atom is -0.398 e. The average Bonchev–Trinajstić information content (AvgIpc) is 2.31. The first-order valence-electron chi connectivity index (χ1n) is 6.23. The number of nitrogen functional groups attached to an aromatic ring is 1. The highest BCUT2D eigenvalue weighted by Crippen LogP contribution is 2.31. The topological polar surface area (TPSA) is 46.3 Å². The number of halogens is 1. The molecule has 0 bridgehead atoms. The van der Waals surface area contributed by atoms with Crippen molar-refractivity contribution in [2.24, 2.45) is 5.41 Å². The second kappa shape index (κ2) is 4.81. The van der Waals surface area contributed by atoms with Crippen molar-refractivity contribution in [3.05, 3.63) is 28.8 Å². The van der Waals surface area contributed by atoms with Crippen LogP contribution < -0.4 is 5.73 Å². The van der Waals surface area contributed by atoms with Crippen LogP contribution in [-0.2, 0) is 0 Å². The van der Waals surface area contributed by atoms with Crippen LogP contribution in [0.15, 0.2) is 18.2 Å². The van der Waals surface area contributed by atoms with E-state index in [-0.39, 0.29) is 5.91 Å². The Balaban J connectivity index is 2.15. The molecule has 2 rings (SSSR count). The van der Waals surface area contributed by atoms with E-state index in [0.29, 0.717) is 21.7 Å². The Kier molecular flexibility index (Phi) is 3.53. The highest BCUT2D eigenvalue weighted by Gasteiger charge is 2.28. The van der Waals surface area contributed by atoms with Crippen LogP contribution in [0.5, 0.6) is 0 Å². The summed E-state index contributed by atoms with van der Waals surface area (Å²) in [6.45, 7) is 6.06. The fourth-order valence-corrected chi connectivity index (χ4v) is 2.37. The van der Waals surface area contributed by atoms with E-state index in [1.54, 1.807) is 18.2 Å². The number of piperidine rings is 1. The van der Waals surface area contributed by atoms with Gasteiger partial charge in [0.1, 0.15) is 0 Å². The summed E-state index contributed by atoms with van der Waals surface area (Å²) >= 11 is 5.92. The standard InChI is InChI=1S/C14H19ClN2O/c1-14(2)5-7-17(8-6-14)13(18)11-9-10(15)3-4-12(11)16/h3-4,9H,5-8,16H2,1-2H3. The van der Waals surface area contributed by atoms with Crippen molar-refractivity contribution in [3.8, 4) is 0 Å². The van der Waals surface area contributed by atoms with Crippen LogP contribution in [0.3, 0.4) is 0 Å². The number of rotatable bonds is 1. The third kappa shape index (κ3) is 2.78. The Morgan fingerprint density at radius 1 is 1.33 bits per heavy atom. The summed E-state index contributed by atoms with van der Waals surface area (Å²) in [6, 6.07) is 5.04. The Labute approximate surface area is 113 Å². The lowest BCUT2D eigenvalue weighted by molar-refractivity contribution is 0.0631. The quantitative estimate of drug-likeness (QED) is 0.794. The van der Waals surface area contributed by atoms with Crippen LogP contribution in [0.4, 0.5) is 5.69 Å². The Hall–Kier alpha value is -1.22. The van der Waals surface area contributed by atoms with Gasteiger partial charge in [0.05, 0.1) is 5.56 Å². The van der Waals surface area contributed by atoms with Gasteiger partial charge in [-0.1, -0.05) is 25.4 Å². The zero-order chi connectivity index (χ0) is 13.3. The van der Waals surface area contributed by atoms with E-state index in [4.69, 9.17) is 17.3 Å². The van der Waals surface area contributed by atoms with E-state index in [9.17, 15) is 4.79 Å². The Morgan fingerprint density at radius 3 is 2.56 bits per heavy atom. The van der Waals surface area contributed by atoms with Crippen molar-refractivity contribution in [2.75, 3.05) is 18.8 Å². The largest absolute Gasteiger partial charge is 0.398 e. The third-order valence-corrected chi connectivity index (χ3v) is 3.89. The molecule has 0 atom stereocenters. The number of nitrogens with two attached hydrogens (primary N) is 1. The zero-order valence-electron chi connectivity index (χ0n) is 10.9. The normalized spacial score (nSPS) is 18.7. The van der Waals surface area contributed by atoms with Gasteiger partial charge in [0.25, 0.3) is 5.91 Å². The first-order chi connectivity index (χ1) is 8.39. The SMILES string of the molecule is CC1(C)CCN(C(=O)c2cc(Cl)ccc2N)CC1. The summed E-state index contributed by atoms with van der Waals surface area (Å²) in [7, 11) is 0. The van der Waals surface area contributed by atoms with E-state index in [1.165, 1.54) is 0 Å². The minimum atomic E-state index is -0.00880. The molecular weight excluding hydrogens is 248 g/mol. The summed E-state index contributed by atoms with van der Waals surface area (Å²) < 4.78 is 0. The number of nitrogens with zero attached hydrogens (tertiary/aromatic N) is 1. The number of carbonyl (C=O) groups is 1. The molecule has 0 saturated carbocycles. The van der Waals surface area contributed by atoms with Gasteiger partial charge in [-0.05, 0) is 36.5 Å². The second-order valence-electron chi connectivity index (χ2n) is 5.69. The van der Waals surface area contributed by atoms with E-state index >= 15 is 0 Å². The van der Waals surface area contributed by atoms with Gasteiger partial charge in [0.15, 0.2) is 0 Å². The molecule has 0 aromatic heterocycles. The third-order valence-electron chi connectivity index (χ3n) is 3.65. The molecule has 1 heterocycles. The lowest BCUT2D eigenvalue weighted by Gasteiger charge is -2.37. The molecule has 4 heteroatoms. The molecule has 1 aliphatic heterocycles. The molecule has 1 aromatic carbocycles. The van der Waals surface area contributed by atoms with Crippen LogP contribution in [0.2, 0.25) is 5.02 Å². The van der Waals surface area contributed by atoms with Crippen LogP contribution in [0, 0.1) is 5.41 Å². The number of likely N-dealkylation sites (tertiary alicyclic amines) is 1. The molecule has 1 saturated heterocycles. The maximum absolute atomic E-state index is 12.4. The molecule has 3 nitrogen and oxygen atoms in total. The zero-order valence-corrected chi connectivity index (χ0v) is 11.6. The fraction of sp³-hybridized carbons (Fsp3) is 0.500. The van der Waals surface area contributed by atoms with Crippen molar-refractivity contribution in [3.63, 3.8) is 0 Å². The van der Waals surface area contributed by atoms with E-state index in [0.717, 1.165) is 25.9 Å². The summed E-state index contributed by atoms with van der Waals surface area (Å²) in [4.78, 5) is 14.2. The highest BCUT2D eigenvalue weighted by atomic mass is 35.5. The maximum atomic E-state index is 12.4. The molecule has 18 heavy (non-hydrogen) atoms. The molecule has 0 spiro atoms. The van der Waals surface area contributed by atoms with Gasteiger partial charge in [-0.2, -0.15) is 0 Å². The van der Waals surface area contributed by atoms with Gasteiger partial charge in [-0.3, -0.25) is 4.79 Å². The second-order valence-corrected chi connectivity index (χ2v) is 6.12. The molecule has 2 N–H and O–H groups in total. The van der Waals surface area contributed by atoms with Gasteiger partial charge in [0.2, 0.25) is 0 Å². The monoisotopic (exact) mass is 266 g/mol. The number of amides is 1. The molecule has 1 aromatic rings. The molecule has 1 amide bonds. The number of benzene rings is 1. The lowest BCUT2D eigenvalue weighted by Crippen LogP contribution is -2.41. The van der Waals surface area contributed by atoms with Gasteiger partial charge in [0, 0.05) is 23.8 Å². The highest BCUT2D eigenvalue weighted by molar-refractivity contribution is 6.31. The predicted octanol–water partition coefficient (Wildman–Crippen LogP) is 3.18. The van der Waals surface area contributed by atoms with Crippen molar-refractivity contribution >= 4 is 23.2 Å². The smallest absolute Gasteiger partial charge is 0.255 e. The first-order valence-corrected chi connectivity index (χ1v) is 6.61. The van der Waals surface area contributed by atoms with E-state index < -0.39 is 0 Å². The Bertz CT molecular complexity index is 461. The van der Waals surface area contributed by atoms with Crippen molar-refractivity contribution in [1.29, 1.82) is 0 Å². The molecular formula is C14H19ClN2O. The van der Waals surface area contributed by atoms with Gasteiger partial charge in [-0.25, -0.2) is 0 Å². The number of hydrogen-bond donors (Lipinski definition) is 1. The fourth-order valence-electron chi connectivity index (χ4n) is 2.20. The van der Waals surface area contributed by atoms with Crippen molar-refractivity contribution in [1.82, 2.24) is 4.90 Å².